The van der Waals surface area contributed by atoms with Crippen LogP contribution in [-0.4, -0.2) is 38.7 Å². The predicted octanol–water partition coefficient (Wildman–Crippen LogP) is 0.274. The first kappa shape index (κ1) is 11.4. The van der Waals surface area contributed by atoms with Crippen LogP contribution < -0.4 is 4.74 Å². The maximum Gasteiger partial charge on any atom is 0.316 e. The molecule has 1 heterocycles. The zero-order valence-corrected chi connectivity index (χ0v) is 9.18. The minimum absolute atomic E-state index is 0.231. The lowest BCUT2D eigenvalue weighted by molar-refractivity contribution is 0.0337. The molecule has 2 atom stereocenters. The molecule has 0 aliphatic heterocycles. The van der Waals surface area contributed by atoms with Gasteiger partial charge in [-0.1, -0.05) is 15.9 Å². The van der Waals surface area contributed by atoms with E-state index in [0.29, 0.717) is 10.9 Å². The Morgan fingerprint density at radius 1 is 1.43 bits per heavy atom. The van der Waals surface area contributed by atoms with Crippen LogP contribution in [0.4, 0.5) is 0 Å². The first-order valence-corrected chi connectivity index (χ1v) is 5.09. The van der Waals surface area contributed by atoms with E-state index >= 15 is 0 Å². The zero-order valence-electron chi connectivity index (χ0n) is 7.59. The van der Waals surface area contributed by atoms with Gasteiger partial charge in [0, 0.05) is 23.3 Å². The van der Waals surface area contributed by atoms with Crippen molar-refractivity contribution in [3.05, 3.63) is 18.0 Å². The van der Waals surface area contributed by atoms with Gasteiger partial charge in [0.05, 0.1) is 13.2 Å². The molecule has 1 rings (SSSR count). The lowest BCUT2D eigenvalue weighted by Crippen LogP contribution is -2.19. The number of aliphatic hydroxyl groups is 2. The lowest BCUT2D eigenvalue weighted by Gasteiger charge is -2.14. The summed E-state index contributed by atoms with van der Waals surface area (Å²) in [5.41, 5.74) is 0.456. The molecule has 0 bridgehead atoms. The molecule has 0 aliphatic carbocycles. The summed E-state index contributed by atoms with van der Waals surface area (Å²) in [6.07, 6.45) is 0.984. The standard InChI is InChI=1S/C8H11BrN2O3/c1-14-8-10-3-5(4-11-8)7(13)6(12)2-9/h3-4,6-7,12-13H,2H2,1H3. The zero-order chi connectivity index (χ0) is 10.6. The number of aromatic nitrogens is 2. The van der Waals surface area contributed by atoms with Crippen LogP contribution in [-0.2, 0) is 0 Å². The van der Waals surface area contributed by atoms with E-state index in [4.69, 9.17) is 4.74 Å². The number of ether oxygens (including phenoxy) is 1. The number of alkyl halides is 1. The first-order chi connectivity index (χ1) is 6.69. The van der Waals surface area contributed by atoms with Crippen LogP contribution in [0.25, 0.3) is 0 Å². The van der Waals surface area contributed by atoms with Crippen molar-refractivity contribution in [2.24, 2.45) is 0 Å². The van der Waals surface area contributed by atoms with Crippen molar-refractivity contribution in [2.75, 3.05) is 12.4 Å². The lowest BCUT2D eigenvalue weighted by atomic mass is 10.1. The largest absolute Gasteiger partial charge is 0.467 e. The van der Waals surface area contributed by atoms with Gasteiger partial charge in [0.1, 0.15) is 6.10 Å². The van der Waals surface area contributed by atoms with Crippen LogP contribution in [0, 0.1) is 0 Å². The van der Waals surface area contributed by atoms with E-state index in [1.165, 1.54) is 19.5 Å². The Bertz CT molecular complexity index is 280. The highest BCUT2D eigenvalue weighted by atomic mass is 79.9. The molecule has 1 aromatic heterocycles. The second kappa shape index (κ2) is 5.23. The predicted molar refractivity (Wildman–Crippen MR) is 53.3 cm³/mol. The third kappa shape index (κ3) is 2.63. The molecule has 78 valence electrons. The van der Waals surface area contributed by atoms with Crippen LogP contribution in [0.5, 0.6) is 6.01 Å². The number of hydrogen-bond donors (Lipinski definition) is 2. The Kier molecular flexibility index (Phi) is 4.24. The summed E-state index contributed by atoms with van der Waals surface area (Å²) in [4.78, 5) is 7.63. The summed E-state index contributed by atoms with van der Waals surface area (Å²) in [5.74, 6) is 0. The summed E-state index contributed by atoms with van der Waals surface area (Å²) in [6, 6.07) is 0.231. The molecule has 0 radical (unpaired) electrons. The number of nitrogens with zero attached hydrogens (tertiary/aromatic N) is 2. The normalized spacial score (nSPS) is 14.9. The quantitative estimate of drug-likeness (QED) is 0.763. The fraction of sp³-hybridized carbons (Fsp3) is 0.500. The molecule has 0 spiro atoms. The Labute approximate surface area is 89.9 Å². The van der Waals surface area contributed by atoms with Gasteiger partial charge < -0.3 is 14.9 Å². The molecule has 2 N–H and O–H groups in total. The van der Waals surface area contributed by atoms with Crippen LogP contribution in [0.2, 0.25) is 0 Å². The Hall–Kier alpha value is -0.720. The number of halogens is 1. The monoisotopic (exact) mass is 262 g/mol. The van der Waals surface area contributed by atoms with Crippen LogP contribution in [0.15, 0.2) is 12.4 Å². The smallest absolute Gasteiger partial charge is 0.316 e. The number of rotatable bonds is 4. The average molecular weight is 263 g/mol. The molecule has 14 heavy (non-hydrogen) atoms. The van der Waals surface area contributed by atoms with Crippen molar-refractivity contribution in [1.82, 2.24) is 9.97 Å². The van der Waals surface area contributed by atoms with E-state index in [-0.39, 0.29) is 6.01 Å². The van der Waals surface area contributed by atoms with Crippen molar-refractivity contribution in [3.63, 3.8) is 0 Å². The molecule has 5 nitrogen and oxygen atoms in total. The van der Waals surface area contributed by atoms with Crippen molar-refractivity contribution < 1.29 is 14.9 Å². The van der Waals surface area contributed by atoms with E-state index < -0.39 is 12.2 Å². The van der Waals surface area contributed by atoms with Gasteiger partial charge in [-0.25, -0.2) is 9.97 Å². The van der Waals surface area contributed by atoms with E-state index in [1.807, 2.05) is 0 Å². The van der Waals surface area contributed by atoms with Crippen LogP contribution >= 0.6 is 15.9 Å². The van der Waals surface area contributed by atoms with Gasteiger partial charge in [-0.3, -0.25) is 0 Å². The molecule has 0 fully saturated rings. The third-order valence-electron chi connectivity index (χ3n) is 1.69. The Morgan fingerprint density at radius 2 is 2.00 bits per heavy atom. The second-order valence-electron chi connectivity index (χ2n) is 2.67. The number of aliphatic hydroxyl groups excluding tert-OH is 2. The fourth-order valence-electron chi connectivity index (χ4n) is 0.891. The minimum atomic E-state index is -0.986. The molecule has 0 saturated heterocycles. The summed E-state index contributed by atoms with van der Waals surface area (Å²) < 4.78 is 4.76. The van der Waals surface area contributed by atoms with Crippen molar-refractivity contribution in [1.29, 1.82) is 0 Å². The van der Waals surface area contributed by atoms with Crippen molar-refractivity contribution >= 4 is 15.9 Å². The third-order valence-corrected chi connectivity index (χ3v) is 2.36. The molecule has 2 unspecified atom stereocenters. The number of hydrogen-bond acceptors (Lipinski definition) is 5. The topological polar surface area (TPSA) is 75.5 Å². The van der Waals surface area contributed by atoms with Gasteiger partial charge in [0.25, 0.3) is 0 Å². The summed E-state index contributed by atoms with van der Waals surface area (Å²) in [5, 5.41) is 19.2. The fourth-order valence-corrected chi connectivity index (χ4v) is 1.24. The van der Waals surface area contributed by atoms with Gasteiger partial charge >= 0.3 is 6.01 Å². The maximum absolute atomic E-state index is 9.55. The second-order valence-corrected chi connectivity index (χ2v) is 3.32. The molecule has 0 aliphatic rings. The molecule has 0 saturated carbocycles. The Morgan fingerprint density at radius 3 is 2.43 bits per heavy atom. The number of methoxy groups -OCH3 is 1. The van der Waals surface area contributed by atoms with Gasteiger partial charge in [-0.15, -0.1) is 0 Å². The molecule has 0 amide bonds. The van der Waals surface area contributed by atoms with Gasteiger partial charge in [0.2, 0.25) is 0 Å². The average Bonchev–Trinajstić information content (AvgIpc) is 2.27. The van der Waals surface area contributed by atoms with Gasteiger partial charge in [0.15, 0.2) is 0 Å². The first-order valence-electron chi connectivity index (χ1n) is 3.97. The highest BCUT2D eigenvalue weighted by Crippen LogP contribution is 2.17. The van der Waals surface area contributed by atoms with E-state index in [1.54, 1.807) is 0 Å². The minimum Gasteiger partial charge on any atom is -0.467 e. The molecular formula is C8H11BrN2O3. The van der Waals surface area contributed by atoms with E-state index in [0.717, 1.165) is 0 Å². The van der Waals surface area contributed by atoms with Gasteiger partial charge in [-0.05, 0) is 0 Å². The van der Waals surface area contributed by atoms with Gasteiger partial charge in [-0.2, -0.15) is 0 Å². The van der Waals surface area contributed by atoms with E-state index in [9.17, 15) is 10.2 Å². The SMILES string of the molecule is COc1ncc(C(O)C(O)CBr)cn1. The summed E-state index contributed by atoms with van der Waals surface area (Å²) in [6.45, 7) is 0. The van der Waals surface area contributed by atoms with Crippen LogP contribution in [0.1, 0.15) is 11.7 Å². The van der Waals surface area contributed by atoms with Crippen LogP contribution in [0.3, 0.4) is 0 Å². The Balaban J connectivity index is 2.75. The summed E-state index contributed by atoms with van der Waals surface area (Å²) in [7, 11) is 1.46. The molecule has 1 aromatic rings. The highest BCUT2D eigenvalue weighted by molar-refractivity contribution is 9.09. The maximum atomic E-state index is 9.55. The van der Waals surface area contributed by atoms with E-state index in [2.05, 4.69) is 25.9 Å². The van der Waals surface area contributed by atoms with Crippen molar-refractivity contribution in [2.45, 2.75) is 12.2 Å². The highest BCUT2D eigenvalue weighted by Gasteiger charge is 2.17. The molecule has 6 heteroatoms. The van der Waals surface area contributed by atoms with Crippen molar-refractivity contribution in [3.8, 4) is 6.01 Å². The molecular weight excluding hydrogens is 252 g/mol. The molecule has 0 aromatic carbocycles. The summed E-state index contributed by atoms with van der Waals surface area (Å²) >= 11 is 3.07.